The Hall–Kier alpha value is -2.30. The molecule has 0 aliphatic heterocycles. The maximum Gasteiger partial charge on any atom is 0.317 e. The number of halogens is 1. The van der Waals surface area contributed by atoms with E-state index >= 15 is 0 Å². The van der Waals surface area contributed by atoms with Crippen LogP contribution in [0.25, 0.3) is 0 Å². The summed E-state index contributed by atoms with van der Waals surface area (Å²) in [7, 11) is 1.23. The normalized spacial score (nSPS) is 25.6. The first-order valence-electron chi connectivity index (χ1n) is 8.34. The van der Waals surface area contributed by atoms with Crippen molar-refractivity contribution in [3.05, 3.63) is 46.8 Å². The third-order valence-corrected chi connectivity index (χ3v) is 5.08. The summed E-state index contributed by atoms with van der Waals surface area (Å²) in [5, 5.41) is 0. The van der Waals surface area contributed by atoms with Gasteiger partial charge < -0.3 is 4.74 Å². The fraction of sp³-hybridized carbons (Fsp3) is 0.450. The molecule has 4 nitrogen and oxygen atoms in total. The fourth-order valence-corrected chi connectivity index (χ4v) is 4.11. The van der Waals surface area contributed by atoms with Crippen molar-refractivity contribution in [1.82, 2.24) is 0 Å². The van der Waals surface area contributed by atoms with Gasteiger partial charge in [-0.05, 0) is 29.5 Å². The van der Waals surface area contributed by atoms with Crippen molar-refractivity contribution in [3.63, 3.8) is 0 Å². The van der Waals surface area contributed by atoms with Gasteiger partial charge in [0, 0.05) is 24.3 Å². The molecule has 25 heavy (non-hydrogen) atoms. The highest BCUT2D eigenvalue weighted by Gasteiger charge is 2.48. The lowest BCUT2D eigenvalue weighted by molar-refractivity contribution is -0.150. The van der Waals surface area contributed by atoms with Crippen molar-refractivity contribution >= 4 is 17.5 Å². The van der Waals surface area contributed by atoms with Gasteiger partial charge >= 0.3 is 5.97 Å². The average Bonchev–Trinajstić information content (AvgIpc) is 2.52. The number of rotatable bonds is 2. The van der Waals surface area contributed by atoms with Gasteiger partial charge in [0.2, 0.25) is 0 Å². The van der Waals surface area contributed by atoms with Gasteiger partial charge in [0.25, 0.3) is 0 Å². The Kier molecular flexibility index (Phi) is 4.35. The van der Waals surface area contributed by atoms with Gasteiger partial charge in [-0.2, -0.15) is 0 Å². The minimum Gasteiger partial charge on any atom is -0.468 e. The summed E-state index contributed by atoms with van der Waals surface area (Å²) in [4.78, 5) is 37.8. The van der Waals surface area contributed by atoms with Crippen LogP contribution in [0.15, 0.2) is 35.4 Å². The van der Waals surface area contributed by atoms with Crippen molar-refractivity contribution in [1.29, 1.82) is 0 Å². The number of esters is 1. The van der Waals surface area contributed by atoms with E-state index in [1.165, 1.54) is 31.4 Å². The lowest BCUT2D eigenvalue weighted by Gasteiger charge is -2.40. The Morgan fingerprint density at radius 2 is 1.80 bits per heavy atom. The predicted molar refractivity (Wildman–Crippen MR) is 89.3 cm³/mol. The average molecular weight is 344 g/mol. The Labute approximate surface area is 146 Å². The second-order valence-corrected chi connectivity index (χ2v) is 7.63. The molecule has 0 aromatic heterocycles. The molecular weight excluding hydrogens is 323 g/mol. The highest BCUT2D eigenvalue weighted by atomic mass is 19.1. The first kappa shape index (κ1) is 17.5. The van der Waals surface area contributed by atoms with E-state index in [1.807, 2.05) is 13.8 Å². The van der Waals surface area contributed by atoms with Crippen LogP contribution in [-0.4, -0.2) is 24.6 Å². The third kappa shape index (κ3) is 3.15. The number of carbonyl (C=O) groups excluding carboxylic acids is 3. The molecule has 0 saturated heterocycles. The summed E-state index contributed by atoms with van der Waals surface area (Å²) in [6.07, 6.45) is 1.11. The van der Waals surface area contributed by atoms with Gasteiger partial charge in [0.15, 0.2) is 11.6 Å². The second-order valence-electron chi connectivity index (χ2n) is 7.63. The Morgan fingerprint density at radius 1 is 1.16 bits per heavy atom. The molecule has 0 amide bonds. The molecule has 0 radical (unpaired) electrons. The largest absolute Gasteiger partial charge is 0.468 e. The summed E-state index contributed by atoms with van der Waals surface area (Å²) in [6, 6.07) is 5.62. The molecule has 0 saturated carbocycles. The lowest BCUT2D eigenvalue weighted by atomic mass is 9.62. The van der Waals surface area contributed by atoms with Crippen LogP contribution < -0.4 is 0 Å². The SMILES string of the molecule is COC(=O)C1C(=O)CC2=C(C(=O)CC(C)(C)C2)C1c1ccc(F)cc1. The van der Waals surface area contributed by atoms with Crippen LogP contribution in [0.2, 0.25) is 0 Å². The standard InChI is InChI=1S/C20H21FO4/c1-20(2)9-12-8-14(22)18(19(24)25-3)17(16(12)15(23)10-20)11-4-6-13(21)7-5-11/h4-7,17-18H,8-10H2,1-3H3. The summed E-state index contributed by atoms with van der Waals surface area (Å²) < 4.78 is 18.2. The van der Waals surface area contributed by atoms with E-state index in [4.69, 9.17) is 4.74 Å². The van der Waals surface area contributed by atoms with Crippen LogP contribution in [0.4, 0.5) is 4.39 Å². The molecule has 3 rings (SSSR count). The maximum absolute atomic E-state index is 13.3. The molecule has 0 spiro atoms. The predicted octanol–water partition coefficient (Wildman–Crippen LogP) is 3.36. The van der Waals surface area contributed by atoms with Crippen LogP contribution in [-0.2, 0) is 19.1 Å². The molecule has 1 aromatic carbocycles. The zero-order valence-electron chi connectivity index (χ0n) is 14.6. The first-order valence-corrected chi connectivity index (χ1v) is 8.34. The summed E-state index contributed by atoms with van der Waals surface area (Å²) in [5.41, 5.74) is 1.73. The van der Waals surface area contributed by atoms with Crippen molar-refractivity contribution in [3.8, 4) is 0 Å². The number of Topliss-reactive ketones (excluding diaryl/α,β-unsaturated/α-hetero) is 2. The molecule has 5 heteroatoms. The molecule has 2 aliphatic rings. The summed E-state index contributed by atoms with van der Waals surface area (Å²) >= 11 is 0. The molecule has 132 valence electrons. The molecule has 1 aromatic rings. The molecule has 0 fully saturated rings. The molecule has 2 unspecified atom stereocenters. The van der Waals surface area contributed by atoms with Gasteiger partial charge in [-0.25, -0.2) is 4.39 Å². The van der Waals surface area contributed by atoms with E-state index < -0.39 is 23.6 Å². The minimum absolute atomic E-state index is 0.0398. The van der Waals surface area contributed by atoms with Crippen molar-refractivity contribution in [2.75, 3.05) is 7.11 Å². The van der Waals surface area contributed by atoms with Crippen molar-refractivity contribution < 1.29 is 23.5 Å². The van der Waals surface area contributed by atoms with Crippen LogP contribution in [0.1, 0.15) is 44.6 Å². The first-order chi connectivity index (χ1) is 11.7. The van der Waals surface area contributed by atoms with Gasteiger partial charge in [-0.15, -0.1) is 0 Å². The van der Waals surface area contributed by atoms with E-state index in [0.717, 1.165) is 5.57 Å². The van der Waals surface area contributed by atoms with Crippen LogP contribution in [0, 0.1) is 17.2 Å². The fourth-order valence-electron chi connectivity index (χ4n) is 4.11. The van der Waals surface area contributed by atoms with E-state index in [1.54, 1.807) is 0 Å². The van der Waals surface area contributed by atoms with Crippen LogP contribution >= 0.6 is 0 Å². The van der Waals surface area contributed by atoms with Crippen molar-refractivity contribution in [2.45, 2.75) is 39.0 Å². The molecule has 0 bridgehead atoms. The molecule has 0 N–H and O–H groups in total. The number of ketones is 2. The topological polar surface area (TPSA) is 60.4 Å². The number of allylic oxidation sites excluding steroid dienone is 2. The van der Waals surface area contributed by atoms with Gasteiger partial charge in [-0.3, -0.25) is 14.4 Å². The van der Waals surface area contributed by atoms with Crippen LogP contribution in [0.3, 0.4) is 0 Å². The summed E-state index contributed by atoms with van der Waals surface area (Å²) in [5.74, 6) is -3.10. The molecule has 0 heterocycles. The van der Waals surface area contributed by atoms with Gasteiger partial charge in [0.1, 0.15) is 11.7 Å². The second kappa shape index (κ2) is 6.21. The maximum atomic E-state index is 13.3. The number of ether oxygens (including phenoxy) is 1. The number of carbonyl (C=O) groups is 3. The molecular formula is C20H21FO4. The van der Waals surface area contributed by atoms with E-state index in [2.05, 4.69) is 0 Å². The quantitative estimate of drug-likeness (QED) is 0.610. The van der Waals surface area contributed by atoms with E-state index in [0.29, 0.717) is 24.0 Å². The number of hydrogen-bond acceptors (Lipinski definition) is 4. The number of hydrogen-bond donors (Lipinski definition) is 0. The lowest BCUT2D eigenvalue weighted by Crippen LogP contribution is -2.41. The molecule has 2 atom stereocenters. The Balaban J connectivity index is 2.18. The zero-order chi connectivity index (χ0) is 18.4. The van der Waals surface area contributed by atoms with Gasteiger partial charge in [0.05, 0.1) is 7.11 Å². The number of methoxy groups -OCH3 is 1. The highest BCUT2D eigenvalue weighted by molar-refractivity contribution is 6.09. The Morgan fingerprint density at radius 3 is 2.40 bits per heavy atom. The van der Waals surface area contributed by atoms with Crippen molar-refractivity contribution in [2.24, 2.45) is 11.3 Å². The van der Waals surface area contributed by atoms with Gasteiger partial charge in [-0.1, -0.05) is 31.6 Å². The van der Waals surface area contributed by atoms with Crippen LogP contribution in [0.5, 0.6) is 0 Å². The highest BCUT2D eigenvalue weighted by Crippen LogP contribution is 2.49. The minimum atomic E-state index is -1.06. The molecule has 2 aliphatic carbocycles. The Bertz CT molecular complexity index is 773. The zero-order valence-corrected chi connectivity index (χ0v) is 14.6. The van der Waals surface area contributed by atoms with E-state index in [-0.39, 0.29) is 23.4 Å². The monoisotopic (exact) mass is 344 g/mol. The smallest absolute Gasteiger partial charge is 0.317 e. The number of benzene rings is 1. The third-order valence-electron chi connectivity index (χ3n) is 5.08. The van der Waals surface area contributed by atoms with E-state index in [9.17, 15) is 18.8 Å². The summed E-state index contributed by atoms with van der Waals surface area (Å²) in [6.45, 7) is 4.00.